The molecule has 1 aromatic rings. The maximum absolute atomic E-state index is 13.7. The molecule has 11 heteroatoms. The highest BCUT2D eigenvalue weighted by Crippen LogP contribution is 2.39. The van der Waals surface area contributed by atoms with Crippen LogP contribution in [0.1, 0.15) is 44.9 Å². The van der Waals surface area contributed by atoms with E-state index in [9.17, 15) is 23.2 Å². The van der Waals surface area contributed by atoms with Gasteiger partial charge in [-0.1, -0.05) is 12.8 Å². The Morgan fingerprint density at radius 3 is 2.30 bits per heavy atom. The summed E-state index contributed by atoms with van der Waals surface area (Å²) in [6.07, 6.45) is 3.48. The number of carbonyl (C=O) groups is 2. The predicted molar refractivity (Wildman–Crippen MR) is 121 cm³/mol. The Labute approximate surface area is 195 Å². The molecule has 3 N–H and O–H groups in total. The summed E-state index contributed by atoms with van der Waals surface area (Å²) in [7, 11) is -0.751. The highest BCUT2D eigenvalue weighted by Gasteiger charge is 2.51. The molecule has 1 aliphatic heterocycles. The zero-order valence-electron chi connectivity index (χ0n) is 19.2. The molecule has 3 rings (SSSR count). The van der Waals surface area contributed by atoms with E-state index in [-0.39, 0.29) is 36.6 Å². The number of methoxy groups -OCH3 is 1. The largest absolute Gasteiger partial charge is 0.497 e. The lowest BCUT2D eigenvalue weighted by Crippen LogP contribution is -2.59. The van der Waals surface area contributed by atoms with E-state index < -0.39 is 21.5 Å². The van der Waals surface area contributed by atoms with Gasteiger partial charge in [0.15, 0.2) is 0 Å². The maximum atomic E-state index is 13.7. The van der Waals surface area contributed by atoms with Crippen molar-refractivity contribution in [3.8, 4) is 5.75 Å². The lowest BCUT2D eigenvalue weighted by atomic mass is 9.96. The number of piperidine rings is 1. The number of likely N-dealkylation sites (tertiary alicyclic amines) is 1. The van der Waals surface area contributed by atoms with Crippen molar-refractivity contribution in [2.75, 3.05) is 33.8 Å². The van der Waals surface area contributed by atoms with Crippen molar-refractivity contribution in [1.82, 2.24) is 20.0 Å². The first-order chi connectivity index (χ1) is 15.8. The minimum absolute atomic E-state index is 0.00241. The standard InChI is InChI=1S/C22H34N4O6S/c1-23-17-9-14-25(15-10-17)20(27)11-16-26(22(21(28)24-29)12-3-4-13-22)33(30,31)19-7-5-18(32-2)6-8-19/h5-8,17,23,29H,3-4,9-16H2,1-2H3,(H,24,28). The van der Waals surface area contributed by atoms with Crippen molar-refractivity contribution < 1.29 is 28.0 Å². The summed E-state index contributed by atoms with van der Waals surface area (Å²) in [6, 6.07) is 6.29. The first-order valence-electron chi connectivity index (χ1n) is 11.3. The molecule has 2 aliphatic rings. The van der Waals surface area contributed by atoms with Crippen LogP contribution in [0.25, 0.3) is 0 Å². The Kier molecular flexibility index (Phi) is 8.33. The highest BCUT2D eigenvalue weighted by molar-refractivity contribution is 7.89. The van der Waals surface area contributed by atoms with Gasteiger partial charge in [-0.2, -0.15) is 4.31 Å². The molecule has 2 amide bonds. The van der Waals surface area contributed by atoms with Crippen LogP contribution in [0.3, 0.4) is 0 Å². The van der Waals surface area contributed by atoms with Gasteiger partial charge >= 0.3 is 0 Å². The van der Waals surface area contributed by atoms with E-state index in [1.165, 1.54) is 31.4 Å². The van der Waals surface area contributed by atoms with Crippen LogP contribution >= 0.6 is 0 Å². The van der Waals surface area contributed by atoms with Gasteiger partial charge in [-0.3, -0.25) is 14.8 Å². The lowest BCUT2D eigenvalue weighted by Gasteiger charge is -2.39. The van der Waals surface area contributed by atoms with Crippen LogP contribution in [0.5, 0.6) is 5.75 Å². The maximum Gasteiger partial charge on any atom is 0.264 e. The van der Waals surface area contributed by atoms with Crippen LogP contribution in [-0.2, 0) is 19.6 Å². The fourth-order valence-electron chi connectivity index (χ4n) is 4.87. The Bertz CT molecular complexity index is 923. The minimum atomic E-state index is -4.14. The molecule has 0 bridgehead atoms. The Morgan fingerprint density at radius 2 is 1.79 bits per heavy atom. The van der Waals surface area contributed by atoms with Crippen molar-refractivity contribution in [2.45, 2.75) is 61.4 Å². The molecule has 1 saturated carbocycles. The van der Waals surface area contributed by atoms with Gasteiger partial charge in [0.05, 0.1) is 12.0 Å². The fraction of sp³-hybridized carbons (Fsp3) is 0.636. The third-order valence-electron chi connectivity index (χ3n) is 6.86. The first kappa shape index (κ1) is 25.4. The van der Waals surface area contributed by atoms with Crippen LogP contribution in [-0.4, -0.2) is 80.0 Å². The van der Waals surface area contributed by atoms with E-state index in [1.807, 2.05) is 7.05 Å². The van der Waals surface area contributed by atoms with Crippen LogP contribution < -0.4 is 15.5 Å². The molecule has 1 aromatic carbocycles. The highest BCUT2D eigenvalue weighted by atomic mass is 32.2. The van der Waals surface area contributed by atoms with Crippen molar-refractivity contribution in [1.29, 1.82) is 0 Å². The molecular weight excluding hydrogens is 448 g/mol. The summed E-state index contributed by atoms with van der Waals surface area (Å²) in [5, 5.41) is 12.6. The Hall–Kier alpha value is -2.21. The second kappa shape index (κ2) is 10.8. The van der Waals surface area contributed by atoms with Gasteiger partial charge in [0.25, 0.3) is 5.91 Å². The molecule has 10 nitrogen and oxygen atoms in total. The summed E-state index contributed by atoms with van der Waals surface area (Å²) < 4.78 is 33.7. The summed E-state index contributed by atoms with van der Waals surface area (Å²) in [5.74, 6) is -0.402. The van der Waals surface area contributed by atoms with Gasteiger partial charge in [0, 0.05) is 32.1 Å². The van der Waals surface area contributed by atoms with Gasteiger partial charge < -0.3 is 15.0 Å². The molecule has 0 unspecified atom stereocenters. The number of hydroxylamine groups is 1. The third kappa shape index (κ3) is 5.32. The van der Waals surface area contributed by atoms with Crippen LogP contribution in [0.2, 0.25) is 0 Å². The normalized spacial score (nSPS) is 19.0. The number of sulfonamides is 1. The number of nitrogens with one attached hydrogen (secondary N) is 2. The molecule has 33 heavy (non-hydrogen) atoms. The second-order valence-electron chi connectivity index (χ2n) is 8.63. The average Bonchev–Trinajstić information content (AvgIpc) is 3.34. The Morgan fingerprint density at radius 1 is 1.18 bits per heavy atom. The van der Waals surface area contributed by atoms with Crippen LogP contribution in [0.4, 0.5) is 0 Å². The zero-order valence-corrected chi connectivity index (χ0v) is 20.1. The lowest BCUT2D eigenvalue weighted by molar-refractivity contribution is -0.140. The van der Waals surface area contributed by atoms with Crippen LogP contribution in [0, 0.1) is 0 Å². The average molecular weight is 483 g/mol. The number of hydrogen-bond acceptors (Lipinski definition) is 7. The number of rotatable bonds is 9. The number of amides is 2. The predicted octanol–water partition coefficient (Wildman–Crippen LogP) is 1.10. The van der Waals surface area contributed by atoms with Crippen molar-refractivity contribution in [2.24, 2.45) is 0 Å². The van der Waals surface area contributed by atoms with E-state index >= 15 is 0 Å². The van der Waals surface area contributed by atoms with Crippen molar-refractivity contribution in [3.63, 3.8) is 0 Å². The molecule has 0 radical (unpaired) electrons. The monoisotopic (exact) mass is 482 g/mol. The topological polar surface area (TPSA) is 128 Å². The molecule has 1 aliphatic carbocycles. The van der Waals surface area contributed by atoms with Gasteiger partial charge in [0.1, 0.15) is 11.3 Å². The van der Waals surface area contributed by atoms with Crippen molar-refractivity contribution >= 4 is 21.8 Å². The van der Waals surface area contributed by atoms with E-state index in [0.717, 1.165) is 17.1 Å². The van der Waals surface area contributed by atoms with Gasteiger partial charge in [0.2, 0.25) is 15.9 Å². The Balaban J connectivity index is 1.87. The first-order valence-corrected chi connectivity index (χ1v) is 12.8. The molecule has 1 saturated heterocycles. The van der Waals surface area contributed by atoms with Gasteiger partial charge in [-0.15, -0.1) is 0 Å². The number of nitrogens with zero attached hydrogens (tertiary/aromatic N) is 2. The van der Waals surface area contributed by atoms with Crippen molar-refractivity contribution in [3.05, 3.63) is 24.3 Å². The SMILES string of the molecule is CNC1CCN(C(=O)CCN(C2(C(=O)NO)CCCC2)S(=O)(=O)c2ccc(OC)cc2)CC1. The quantitative estimate of drug-likeness (QED) is 0.355. The smallest absolute Gasteiger partial charge is 0.264 e. The molecule has 0 atom stereocenters. The molecule has 1 heterocycles. The molecule has 0 spiro atoms. The third-order valence-corrected chi connectivity index (χ3v) is 8.84. The summed E-state index contributed by atoms with van der Waals surface area (Å²) in [4.78, 5) is 27.5. The number of carbonyl (C=O) groups excluding carboxylic acids is 2. The van der Waals surface area contributed by atoms with E-state index in [0.29, 0.717) is 37.7 Å². The minimum Gasteiger partial charge on any atom is -0.497 e. The molecule has 2 fully saturated rings. The van der Waals surface area contributed by atoms with Gasteiger partial charge in [-0.25, -0.2) is 13.9 Å². The number of benzene rings is 1. The van der Waals surface area contributed by atoms with E-state index in [4.69, 9.17) is 4.74 Å². The van der Waals surface area contributed by atoms with E-state index in [1.54, 1.807) is 10.4 Å². The molecule has 184 valence electrons. The second-order valence-corrected chi connectivity index (χ2v) is 10.5. The van der Waals surface area contributed by atoms with E-state index in [2.05, 4.69) is 5.32 Å². The molecular formula is C22H34N4O6S. The summed E-state index contributed by atoms with van der Waals surface area (Å²) in [5.41, 5.74) is 0.227. The zero-order chi connectivity index (χ0) is 24.1. The molecule has 0 aromatic heterocycles. The summed E-state index contributed by atoms with van der Waals surface area (Å²) >= 11 is 0. The summed E-state index contributed by atoms with van der Waals surface area (Å²) in [6.45, 7) is 1.07. The number of hydrogen-bond donors (Lipinski definition) is 3. The van der Waals surface area contributed by atoms with Crippen LogP contribution in [0.15, 0.2) is 29.2 Å². The number of ether oxygens (including phenoxy) is 1. The van der Waals surface area contributed by atoms with Gasteiger partial charge in [-0.05, 0) is 57.0 Å². The fourth-order valence-corrected chi connectivity index (χ4v) is 6.66.